The Labute approximate surface area is 384 Å². The minimum absolute atomic E-state index is 0.00208. The smallest absolute Gasteiger partial charge is 0.335 e. The van der Waals surface area contributed by atoms with Gasteiger partial charge < -0.3 is 19.7 Å². The molecule has 22 nitrogen and oxygen atoms in total. The van der Waals surface area contributed by atoms with Crippen LogP contribution in [0.1, 0.15) is 92.9 Å². The molecule has 0 aliphatic heterocycles. The third-order valence-electron chi connectivity index (χ3n) is 8.90. The average molecular weight is 965 g/mol. The number of carbonyl (C=O) groups is 4. The molecule has 0 aliphatic rings. The third-order valence-corrected chi connectivity index (χ3v) is 13.0. The minimum atomic E-state index is -1.28. The molecule has 2 aromatic carbocycles. The fourth-order valence-corrected chi connectivity index (χ4v) is 9.32. The first-order chi connectivity index (χ1) is 30.9. The highest BCUT2D eigenvalue weighted by molar-refractivity contribution is 8.01. The molecular formula is C39H40N12O10S4. The average Bonchev–Trinajstić information content (AvgIpc) is 4.04. The highest BCUT2D eigenvalue weighted by atomic mass is 32.2. The van der Waals surface area contributed by atoms with Gasteiger partial charge in [0.05, 0.1) is 33.9 Å². The number of azo groups is 2. The summed E-state index contributed by atoms with van der Waals surface area (Å²) in [7, 11) is 0. The van der Waals surface area contributed by atoms with E-state index >= 15 is 0 Å². The number of nitrogens with one attached hydrogen (secondary N) is 2. The van der Waals surface area contributed by atoms with Crippen LogP contribution in [0.2, 0.25) is 0 Å². The normalized spacial score (nSPS) is 12.0. The molecule has 0 atom stereocenters. The first-order valence-corrected chi connectivity index (χ1v) is 22.9. The van der Waals surface area contributed by atoms with Gasteiger partial charge >= 0.3 is 11.9 Å². The lowest BCUT2D eigenvalue weighted by molar-refractivity contribution is -0.121. The number of aromatic amines is 2. The number of carboxylic acids is 2. The number of ether oxygens (including phenoxy) is 2. The number of carbonyl (C=O) groups excluding carboxylic acids is 2. The molecule has 340 valence electrons. The van der Waals surface area contributed by atoms with Crippen LogP contribution in [0.4, 0.5) is 21.6 Å². The highest BCUT2D eigenvalue weighted by Gasteiger charge is 2.28. The molecule has 0 amide bonds. The van der Waals surface area contributed by atoms with Crippen LogP contribution in [-0.4, -0.2) is 86.6 Å². The maximum absolute atomic E-state index is 13.6. The number of hydrogen-bond donors (Lipinski definition) is 4. The zero-order valence-electron chi connectivity index (χ0n) is 35.4. The molecule has 0 bridgehead atoms. The summed E-state index contributed by atoms with van der Waals surface area (Å²) < 4.78 is 13.3. The first-order valence-electron chi connectivity index (χ1n) is 19.3. The Kier molecular flexibility index (Phi) is 15.1. The van der Waals surface area contributed by atoms with Crippen LogP contribution in [-0.2, 0) is 20.4 Å². The van der Waals surface area contributed by atoms with Crippen molar-refractivity contribution in [3.8, 4) is 22.9 Å². The van der Waals surface area contributed by atoms with Crippen molar-refractivity contribution in [1.82, 2.24) is 40.0 Å². The van der Waals surface area contributed by atoms with E-state index in [1.165, 1.54) is 70.5 Å². The van der Waals surface area contributed by atoms with E-state index in [4.69, 9.17) is 9.47 Å². The molecule has 0 saturated heterocycles. The van der Waals surface area contributed by atoms with Gasteiger partial charge in [-0.3, -0.25) is 29.4 Å². The van der Waals surface area contributed by atoms with E-state index in [2.05, 4.69) is 51.0 Å². The Morgan fingerprint density at radius 3 is 1.40 bits per heavy atom. The van der Waals surface area contributed by atoms with E-state index in [-0.39, 0.29) is 68.6 Å². The summed E-state index contributed by atoms with van der Waals surface area (Å²) in [5, 5.41) is 59.0. The number of aromatic carboxylic acids is 2. The molecule has 4 heterocycles. The SMILES string of the molecule is CC(C)(C)c1[nH]n(-c2cc(OC=O)cc(C(=O)O)c2)c(=O)c1N=Nc1nnc(SCCCCCSc2nnc(N=Nc3c(C(C)(C)C)[nH]n(-c4cc(OC=O)cc(C(=O)O)c4)c3=O)s2)s1. The topological polar surface area (TPSA) is 304 Å². The zero-order valence-corrected chi connectivity index (χ0v) is 38.7. The summed E-state index contributed by atoms with van der Waals surface area (Å²) in [5.74, 6) is -1.12. The molecule has 4 N–H and O–H groups in total. The van der Waals surface area contributed by atoms with Crippen LogP contribution in [0, 0.1) is 0 Å². The molecule has 0 radical (unpaired) electrons. The van der Waals surface area contributed by atoms with Gasteiger partial charge in [0.2, 0.25) is 0 Å². The van der Waals surface area contributed by atoms with Gasteiger partial charge in [-0.2, -0.15) is 0 Å². The van der Waals surface area contributed by atoms with Gasteiger partial charge in [-0.1, -0.05) is 94.2 Å². The van der Waals surface area contributed by atoms with E-state index in [1.807, 2.05) is 41.5 Å². The van der Waals surface area contributed by atoms with Gasteiger partial charge in [0, 0.05) is 34.5 Å². The first kappa shape index (κ1) is 47.8. The van der Waals surface area contributed by atoms with Crippen LogP contribution in [0.3, 0.4) is 0 Å². The minimum Gasteiger partial charge on any atom is -0.478 e. The van der Waals surface area contributed by atoms with Crippen LogP contribution in [0.5, 0.6) is 11.5 Å². The maximum atomic E-state index is 13.6. The predicted octanol–water partition coefficient (Wildman–Crippen LogP) is 8.29. The summed E-state index contributed by atoms with van der Waals surface area (Å²) >= 11 is 5.48. The van der Waals surface area contributed by atoms with E-state index in [1.54, 1.807) is 0 Å². The fraction of sp³-hybridized carbons (Fsp3) is 0.333. The molecule has 65 heavy (non-hydrogen) atoms. The van der Waals surface area contributed by atoms with Gasteiger partial charge in [0.15, 0.2) is 20.1 Å². The number of nitrogens with zero attached hydrogens (tertiary/aromatic N) is 10. The number of carboxylic acid groups (broad SMARTS) is 2. The molecule has 0 aliphatic carbocycles. The van der Waals surface area contributed by atoms with E-state index in [0.29, 0.717) is 20.1 Å². The summed E-state index contributed by atoms with van der Waals surface area (Å²) in [6.45, 7) is 11.5. The molecule has 0 saturated carbocycles. The summed E-state index contributed by atoms with van der Waals surface area (Å²) in [6.07, 6.45) is 2.72. The Morgan fingerprint density at radius 1 is 0.646 bits per heavy atom. The van der Waals surface area contributed by atoms with Crippen molar-refractivity contribution < 1.29 is 38.9 Å². The molecule has 6 aromatic rings. The summed E-state index contributed by atoms with van der Waals surface area (Å²) in [4.78, 5) is 72.5. The molecule has 0 unspecified atom stereocenters. The Morgan fingerprint density at radius 2 is 1.05 bits per heavy atom. The van der Waals surface area contributed by atoms with Crippen LogP contribution >= 0.6 is 46.2 Å². The van der Waals surface area contributed by atoms with Crippen molar-refractivity contribution in [3.05, 3.63) is 79.6 Å². The highest BCUT2D eigenvalue weighted by Crippen LogP contribution is 2.35. The lowest BCUT2D eigenvalue weighted by atomic mass is 9.91. The summed E-state index contributed by atoms with van der Waals surface area (Å²) in [5.41, 5.74) is -1.68. The monoisotopic (exact) mass is 964 g/mol. The number of aromatic nitrogens is 8. The van der Waals surface area contributed by atoms with Gasteiger partial charge in [-0.05, 0) is 37.1 Å². The number of hydrogen-bond acceptors (Lipinski definition) is 20. The van der Waals surface area contributed by atoms with Crippen molar-refractivity contribution in [3.63, 3.8) is 0 Å². The lowest BCUT2D eigenvalue weighted by Crippen LogP contribution is -2.15. The number of thioether (sulfide) groups is 2. The number of H-pyrrole nitrogens is 2. The standard InChI is InChI=1S/C39H40N12O10S4/c1-38(2,3)28-26(30(54)50(48-28)22-12-20(32(56)57)14-24(16-22)60-18-52)40-42-34-44-46-36(64-34)62-10-8-7-9-11-63-37-47-45-35(65-37)43-41-27-29(39(4,5)6)49-51(31(27)55)23-13-21(33(58)59)15-25(17-23)61-19-53/h12-19,48-49H,7-11H2,1-6H3,(H,56,57)(H,58,59). The lowest BCUT2D eigenvalue weighted by Gasteiger charge is -2.16. The molecule has 6 rings (SSSR count). The van der Waals surface area contributed by atoms with E-state index < -0.39 is 33.9 Å². The largest absolute Gasteiger partial charge is 0.478 e. The Balaban J connectivity index is 1.01. The Bertz CT molecular complexity index is 2720. The van der Waals surface area contributed by atoms with Crippen molar-refractivity contribution in [2.75, 3.05) is 11.5 Å². The molecule has 0 spiro atoms. The second-order valence-corrected chi connectivity index (χ2v) is 20.4. The second kappa shape index (κ2) is 20.5. The maximum Gasteiger partial charge on any atom is 0.335 e. The van der Waals surface area contributed by atoms with Gasteiger partial charge in [0.25, 0.3) is 34.3 Å². The quantitative estimate of drug-likeness (QED) is 0.0242. The van der Waals surface area contributed by atoms with Crippen LogP contribution in [0.15, 0.2) is 75.1 Å². The number of unbranched alkanes of at least 4 members (excludes halogenated alkanes) is 2. The van der Waals surface area contributed by atoms with Crippen molar-refractivity contribution in [1.29, 1.82) is 0 Å². The number of benzene rings is 2. The third kappa shape index (κ3) is 11.9. The Hall–Kier alpha value is -6.64. The van der Waals surface area contributed by atoms with Crippen LogP contribution in [0.25, 0.3) is 11.4 Å². The predicted molar refractivity (Wildman–Crippen MR) is 241 cm³/mol. The second-order valence-electron chi connectivity index (χ2n) is 15.8. The molecule has 26 heteroatoms. The van der Waals surface area contributed by atoms with E-state index in [9.17, 15) is 39.0 Å². The number of rotatable bonds is 20. The van der Waals surface area contributed by atoms with Crippen molar-refractivity contribution in [2.45, 2.75) is 80.3 Å². The molecule has 0 fully saturated rings. The molecular weight excluding hydrogens is 925 g/mol. The van der Waals surface area contributed by atoms with Gasteiger partial charge in [-0.25, -0.2) is 19.0 Å². The van der Waals surface area contributed by atoms with Crippen molar-refractivity contribution in [2.24, 2.45) is 20.5 Å². The summed E-state index contributed by atoms with van der Waals surface area (Å²) in [6, 6.07) is 7.55. The zero-order chi connectivity index (χ0) is 47.1. The van der Waals surface area contributed by atoms with Gasteiger partial charge in [0.1, 0.15) is 11.5 Å². The van der Waals surface area contributed by atoms with Crippen LogP contribution < -0.4 is 20.6 Å². The fourth-order valence-electron chi connectivity index (χ4n) is 5.86. The molecule has 4 aromatic heterocycles. The van der Waals surface area contributed by atoms with E-state index in [0.717, 1.165) is 52.3 Å². The van der Waals surface area contributed by atoms with Crippen molar-refractivity contribution >= 4 is 92.7 Å². The van der Waals surface area contributed by atoms with Gasteiger partial charge in [-0.15, -0.1) is 40.9 Å².